The van der Waals surface area contributed by atoms with Crippen molar-refractivity contribution in [3.05, 3.63) is 69.1 Å². The molecule has 1 fully saturated rings. The summed E-state index contributed by atoms with van der Waals surface area (Å²) >= 11 is 1.39. The fourth-order valence-corrected chi connectivity index (χ4v) is 4.89. The molecule has 2 N–H and O–H groups in total. The highest BCUT2D eigenvalue weighted by molar-refractivity contribution is 7.97. The first kappa shape index (κ1) is 28.7. The molecule has 0 spiro atoms. The highest BCUT2D eigenvalue weighted by Crippen LogP contribution is 2.35. The van der Waals surface area contributed by atoms with Crippen LogP contribution in [0.25, 0.3) is 10.5 Å². The zero-order chi connectivity index (χ0) is 26.6. The Morgan fingerprint density at radius 3 is 2.65 bits per heavy atom. The van der Waals surface area contributed by atoms with Crippen LogP contribution in [-0.2, 0) is 14.3 Å². The van der Waals surface area contributed by atoms with E-state index >= 15 is 0 Å². The van der Waals surface area contributed by atoms with E-state index < -0.39 is 0 Å². The smallest absolute Gasteiger partial charge is 0.381 e. The Hall–Kier alpha value is -2.86. The lowest BCUT2D eigenvalue weighted by molar-refractivity contribution is -0.118. The molecule has 1 atom stereocenters. The van der Waals surface area contributed by atoms with Gasteiger partial charge in [-0.05, 0) is 63.5 Å². The quantitative estimate of drug-likeness (QED) is 0.243. The van der Waals surface area contributed by atoms with E-state index in [1.807, 2.05) is 25.3 Å². The molecular weight excluding hydrogens is 484 g/mol. The third-order valence-electron chi connectivity index (χ3n) is 6.65. The number of ether oxygens (including phenoxy) is 2. The first-order chi connectivity index (χ1) is 17.9. The van der Waals surface area contributed by atoms with Gasteiger partial charge in [-0.25, -0.2) is 0 Å². The van der Waals surface area contributed by atoms with Crippen LogP contribution in [0.1, 0.15) is 49.3 Å². The number of guanidine groups is 1. The minimum absolute atomic E-state index is 0.0295. The van der Waals surface area contributed by atoms with E-state index in [0.717, 1.165) is 59.2 Å². The lowest BCUT2D eigenvalue weighted by Gasteiger charge is -2.27. The van der Waals surface area contributed by atoms with Gasteiger partial charge in [0.25, 0.3) is 0 Å². The van der Waals surface area contributed by atoms with E-state index in [1.165, 1.54) is 11.9 Å². The summed E-state index contributed by atoms with van der Waals surface area (Å²) in [4.78, 5) is 21.3. The number of carbonyl (C=O) groups excluding carboxylic acids is 1. The van der Waals surface area contributed by atoms with Crippen molar-refractivity contribution in [3.63, 3.8) is 0 Å². The van der Waals surface area contributed by atoms with Crippen molar-refractivity contribution in [1.29, 1.82) is 0 Å². The number of nitrogens with one attached hydrogen (secondary N) is 2. The van der Waals surface area contributed by atoms with E-state index in [2.05, 4.69) is 53.0 Å². The van der Waals surface area contributed by atoms with E-state index in [0.29, 0.717) is 32.3 Å². The number of hydrogen-bond acceptors (Lipinski definition) is 5. The Morgan fingerprint density at radius 2 is 2.03 bits per heavy atom. The Labute approximate surface area is 225 Å². The van der Waals surface area contributed by atoms with Gasteiger partial charge in [0.2, 0.25) is 5.91 Å². The van der Waals surface area contributed by atoms with Gasteiger partial charge in [-0.2, -0.15) is 9.57 Å². The van der Waals surface area contributed by atoms with Crippen molar-refractivity contribution in [2.45, 2.75) is 52.6 Å². The van der Waals surface area contributed by atoms with Crippen LogP contribution in [0.4, 0.5) is 0 Å². The molecule has 1 aliphatic heterocycles. The summed E-state index contributed by atoms with van der Waals surface area (Å²) in [5.41, 5.74) is 6.06. The Morgan fingerprint density at radius 1 is 1.30 bits per heavy atom. The van der Waals surface area contributed by atoms with Gasteiger partial charge in [-0.3, -0.25) is 4.79 Å². The SMILES string of the molecule is C#[N+]C(=N/C(=C(\CO[C@H](C)CNC(=O)C1=CC=CCC1)C1CCOCC1)c1c(C)cccc1C)NSC. The normalized spacial score (nSPS) is 17.9. The number of rotatable bonds is 10. The van der Waals surface area contributed by atoms with E-state index in [9.17, 15) is 4.79 Å². The number of nitrogens with zero attached hydrogens (tertiary/aromatic N) is 2. The van der Waals surface area contributed by atoms with Gasteiger partial charge in [0.1, 0.15) is 6.57 Å². The maximum absolute atomic E-state index is 12.5. The molecule has 0 saturated carbocycles. The molecule has 0 bridgehead atoms. The zero-order valence-electron chi connectivity index (χ0n) is 22.4. The summed E-state index contributed by atoms with van der Waals surface area (Å²) in [5, 5.41) is 3.02. The predicted octanol–water partition coefficient (Wildman–Crippen LogP) is 5.43. The second-order valence-corrected chi connectivity index (χ2v) is 10.0. The number of hydrogen-bond donors (Lipinski definition) is 2. The van der Waals surface area contributed by atoms with Gasteiger partial charge in [0, 0.05) is 54.7 Å². The average molecular weight is 524 g/mol. The van der Waals surface area contributed by atoms with Gasteiger partial charge >= 0.3 is 5.96 Å². The molecule has 1 heterocycles. The van der Waals surface area contributed by atoms with Gasteiger partial charge < -0.3 is 14.8 Å². The van der Waals surface area contributed by atoms with Crippen molar-refractivity contribution < 1.29 is 14.3 Å². The van der Waals surface area contributed by atoms with Gasteiger partial charge in [0.05, 0.1) is 12.7 Å². The molecule has 3 rings (SSSR count). The molecule has 8 heteroatoms. The van der Waals surface area contributed by atoms with E-state index in [-0.39, 0.29) is 17.9 Å². The molecule has 2 aliphatic rings. The largest absolute Gasteiger partial charge is 0.500 e. The van der Waals surface area contributed by atoms with Gasteiger partial charge in [-0.15, -0.1) is 0 Å². The van der Waals surface area contributed by atoms with E-state index in [1.54, 1.807) is 0 Å². The monoisotopic (exact) mass is 523 g/mol. The molecule has 0 radical (unpaired) electrons. The second-order valence-electron chi connectivity index (χ2n) is 9.39. The maximum Gasteiger partial charge on any atom is 0.500 e. The predicted molar refractivity (Wildman–Crippen MR) is 154 cm³/mol. The average Bonchev–Trinajstić information content (AvgIpc) is 2.92. The van der Waals surface area contributed by atoms with E-state index in [4.69, 9.17) is 21.0 Å². The summed E-state index contributed by atoms with van der Waals surface area (Å²) < 4.78 is 15.1. The topological polar surface area (TPSA) is 76.3 Å². The fraction of sp³-hybridized carbons (Fsp3) is 0.483. The van der Waals surface area contributed by atoms with Crippen LogP contribution in [0, 0.1) is 26.3 Å². The van der Waals surface area contributed by atoms with Crippen LogP contribution in [0.15, 0.2) is 52.6 Å². The maximum atomic E-state index is 12.5. The summed E-state index contributed by atoms with van der Waals surface area (Å²) in [7, 11) is 0. The Kier molecular flexibility index (Phi) is 11.5. The molecule has 37 heavy (non-hydrogen) atoms. The molecule has 7 nitrogen and oxygen atoms in total. The Balaban J connectivity index is 1.91. The minimum atomic E-state index is -0.176. The number of aliphatic imine (C=N–C) groups is 1. The highest BCUT2D eigenvalue weighted by atomic mass is 32.2. The van der Waals surface area contributed by atoms with Crippen molar-refractivity contribution >= 4 is 29.5 Å². The first-order valence-corrected chi connectivity index (χ1v) is 14.1. The zero-order valence-corrected chi connectivity index (χ0v) is 23.2. The standard InChI is InChI=1S/C29H38N4O3S/c1-20-10-9-11-21(2)26(20)27(32-29(30-4)33-37-5)25(23-14-16-35-17-15-23)19-36-22(3)18-31-28(34)24-12-7-6-8-13-24/h4,6-7,9-12,22-23H,8,13-19H2,1-3,5H3,(H-,31,32,33,34)/p+1/b27-25+/t22-/m1/s1. The van der Waals surface area contributed by atoms with Crippen molar-refractivity contribution in [2.75, 3.05) is 32.6 Å². The van der Waals surface area contributed by atoms with Gasteiger partial charge in [0.15, 0.2) is 5.70 Å². The highest BCUT2D eigenvalue weighted by Gasteiger charge is 2.28. The summed E-state index contributed by atoms with van der Waals surface area (Å²) in [5.74, 6) is 0.573. The van der Waals surface area contributed by atoms with Crippen LogP contribution in [-0.4, -0.2) is 50.6 Å². The van der Waals surface area contributed by atoms with Crippen LogP contribution in [0.2, 0.25) is 0 Å². The summed E-state index contributed by atoms with van der Waals surface area (Å²) in [6, 6.07) is 6.24. The first-order valence-electron chi connectivity index (χ1n) is 12.9. The number of aryl methyl sites for hydroxylation is 2. The Bertz CT molecular complexity index is 1090. The molecule has 1 saturated heterocycles. The van der Waals surface area contributed by atoms with Crippen LogP contribution < -0.4 is 10.0 Å². The molecule has 0 unspecified atom stereocenters. The van der Waals surface area contributed by atoms with Crippen LogP contribution in [0.5, 0.6) is 0 Å². The number of amides is 1. The number of benzene rings is 1. The summed E-state index contributed by atoms with van der Waals surface area (Å²) in [6.07, 6.45) is 11.1. The molecule has 1 amide bonds. The number of carbonyl (C=O) groups is 1. The molecule has 1 aliphatic carbocycles. The lowest BCUT2D eigenvalue weighted by Crippen LogP contribution is -2.34. The van der Waals surface area contributed by atoms with Crippen molar-refractivity contribution in [2.24, 2.45) is 10.9 Å². The second kappa shape index (κ2) is 14.8. The molecule has 0 aromatic heterocycles. The number of allylic oxidation sites excluding steroid dienone is 3. The molecule has 1 aromatic carbocycles. The third kappa shape index (κ3) is 8.32. The van der Waals surface area contributed by atoms with Crippen LogP contribution >= 0.6 is 11.9 Å². The lowest BCUT2D eigenvalue weighted by atomic mass is 9.86. The third-order valence-corrected chi connectivity index (χ3v) is 7.04. The summed E-state index contributed by atoms with van der Waals surface area (Å²) in [6.45, 7) is 14.1. The van der Waals surface area contributed by atoms with Crippen molar-refractivity contribution in [3.8, 4) is 6.57 Å². The molecular formula is C29H39N4O3S+. The minimum Gasteiger partial charge on any atom is -0.381 e. The van der Waals surface area contributed by atoms with Gasteiger partial charge in [-0.1, -0.05) is 41.4 Å². The molecule has 198 valence electrons. The van der Waals surface area contributed by atoms with Crippen LogP contribution in [0.3, 0.4) is 0 Å². The van der Waals surface area contributed by atoms with Crippen molar-refractivity contribution in [1.82, 2.24) is 10.0 Å². The molecule has 1 aromatic rings. The fourth-order valence-electron chi connectivity index (χ4n) is 4.61.